The van der Waals surface area contributed by atoms with Gasteiger partial charge in [0, 0.05) is 17.8 Å². The van der Waals surface area contributed by atoms with Gasteiger partial charge in [-0.3, -0.25) is 4.79 Å². The Hall–Kier alpha value is -3.03. The van der Waals surface area contributed by atoms with Gasteiger partial charge in [0.1, 0.15) is 12.4 Å². The molecule has 158 valence electrons. The summed E-state index contributed by atoms with van der Waals surface area (Å²) in [5.74, 6) is 1.60. The van der Waals surface area contributed by atoms with E-state index < -0.39 is 0 Å². The molecule has 1 N–H and O–H groups in total. The van der Waals surface area contributed by atoms with Gasteiger partial charge in [0.05, 0.1) is 5.75 Å². The van der Waals surface area contributed by atoms with Crippen LogP contribution in [-0.2, 0) is 18.4 Å². The minimum absolute atomic E-state index is 0.125. The number of thioether (sulfide) groups is 1. The van der Waals surface area contributed by atoms with Crippen LogP contribution in [0.15, 0.2) is 65.8 Å². The van der Waals surface area contributed by atoms with Crippen LogP contribution in [0, 0.1) is 6.92 Å². The highest BCUT2D eigenvalue weighted by Gasteiger charge is 2.13. The van der Waals surface area contributed by atoms with Gasteiger partial charge >= 0.3 is 0 Å². The number of hydrogen-bond acceptors (Lipinski definition) is 5. The number of ether oxygens (including phenoxy) is 1. The lowest BCUT2D eigenvalue weighted by atomic mass is 10.0. The molecule has 0 atom stereocenters. The highest BCUT2D eigenvalue weighted by atomic mass is 35.5. The van der Waals surface area contributed by atoms with Crippen molar-refractivity contribution in [1.82, 2.24) is 14.8 Å². The predicted octanol–water partition coefficient (Wildman–Crippen LogP) is 5.24. The Morgan fingerprint density at radius 1 is 1.10 bits per heavy atom. The Morgan fingerprint density at radius 2 is 1.87 bits per heavy atom. The van der Waals surface area contributed by atoms with E-state index in [0.717, 1.165) is 11.3 Å². The van der Waals surface area contributed by atoms with E-state index in [-0.39, 0.29) is 11.7 Å². The van der Waals surface area contributed by atoms with Gasteiger partial charge in [0.25, 0.3) is 0 Å². The molecule has 0 radical (unpaired) electrons. The van der Waals surface area contributed by atoms with Crippen molar-refractivity contribution in [1.29, 1.82) is 0 Å². The van der Waals surface area contributed by atoms with Crippen LogP contribution in [0.5, 0.6) is 5.75 Å². The number of rotatable bonds is 7. The number of anilines is 1. The molecule has 1 aromatic heterocycles. The van der Waals surface area contributed by atoms with Gasteiger partial charge in [-0.25, -0.2) is 0 Å². The fourth-order valence-electron chi connectivity index (χ4n) is 3.16. The molecule has 3 aromatic carbocycles. The minimum Gasteiger partial charge on any atom is -0.485 e. The number of benzene rings is 3. The van der Waals surface area contributed by atoms with E-state index in [0.29, 0.717) is 28.3 Å². The monoisotopic (exact) mass is 452 g/mol. The number of hydrogen-bond donors (Lipinski definition) is 1. The van der Waals surface area contributed by atoms with E-state index in [1.54, 1.807) is 24.3 Å². The molecule has 0 aliphatic rings. The third-order valence-electron chi connectivity index (χ3n) is 4.89. The zero-order valence-corrected chi connectivity index (χ0v) is 18.7. The van der Waals surface area contributed by atoms with Crippen LogP contribution in [0.3, 0.4) is 0 Å². The van der Waals surface area contributed by atoms with Crippen molar-refractivity contribution in [2.45, 2.75) is 18.7 Å². The Labute approximate surface area is 189 Å². The Balaban J connectivity index is 1.35. The molecule has 31 heavy (non-hydrogen) atoms. The van der Waals surface area contributed by atoms with Gasteiger partial charge < -0.3 is 14.6 Å². The van der Waals surface area contributed by atoms with Crippen molar-refractivity contribution in [3.05, 3.63) is 77.1 Å². The third-order valence-corrected chi connectivity index (χ3v) is 6.16. The van der Waals surface area contributed by atoms with Crippen LogP contribution in [0.1, 0.15) is 11.4 Å². The van der Waals surface area contributed by atoms with Gasteiger partial charge in [-0.05, 0) is 53.6 Å². The molecule has 0 saturated carbocycles. The molecule has 1 amide bonds. The first-order chi connectivity index (χ1) is 15.0. The maximum absolute atomic E-state index is 12.2. The number of halogens is 1. The number of aromatic nitrogens is 3. The summed E-state index contributed by atoms with van der Waals surface area (Å²) in [6.45, 7) is 2.34. The van der Waals surface area contributed by atoms with Crippen molar-refractivity contribution < 1.29 is 9.53 Å². The van der Waals surface area contributed by atoms with E-state index in [2.05, 4.69) is 40.6 Å². The van der Waals surface area contributed by atoms with E-state index in [1.807, 2.05) is 29.8 Å². The SMILES string of the molecule is Cc1c(OCc2nnc(SCC(=O)Nc3ccc(Cl)cc3)n2C)ccc2ccccc12. The normalized spacial score (nSPS) is 10.9. The fourth-order valence-corrected chi connectivity index (χ4v) is 4.02. The van der Waals surface area contributed by atoms with Crippen molar-refractivity contribution in [3.8, 4) is 5.75 Å². The first-order valence-corrected chi connectivity index (χ1v) is 11.1. The lowest BCUT2D eigenvalue weighted by molar-refractivity contribution is -0.113. The lowest BCUT2D eigenvalue weighted by Gasteiger charge is -2.11. The summed E-state index contributed by atoms with van der Waals surface area (Å²) in [5.41, 5.74) is 1.79. The summed E-state index contributed by atoms with van der Waals surface area (Å²) >= 11 is 7.18. The maximum atomic E-state index is 12.2. The molecule has 0 bridgehead atoms. The zero-order chi connectivity index (χ0) is 21.8. The standard InChI is InChI=1S/C23H21ClN4O2S/c1-15-19-6-4-3-5-16(19)7-12-20(15)30-13-21-26-27-23(28(21)2)31-14-22(29)25-18-10-8-17(24)9-11-18/h3-12H,13-14H2,1-2H3,(H,25,29). The van der Waals surface area contributed by atoms with Crippen molar-refractivity contribution in [2.75, 3.05) is 11.1 Å². The van der Waals surface area contributed by atoms with Gasteiger partial charge in [-0.2, -0.15) is 0 Å². The number of nitrogens with one attached hydrogen (secondary N) is 1. The second-order valence-corrected chi connectivity index (χ2v) is 8.38. The first kappa shape index (κ1) is 21.2. The van der Waals surface area contributed by atoms with Crippen LogP contribution in [0.2, 0.25) is 5.02 Å². The summed E-state index contributed by atoms with van der Waals surface area (Å²) in [5, 5.41) is 14.9. The molecule has 0 aliphatic heterocycles. The molecule has 0 fully saturated rings. The van der Waals surface area contributed by atoms with Crippen LogP contribution < -0.4 is 10.1 Å². The lowest BCUT2D eigenvalue weighted by Crippen LogP contribution is -2.14. The fraction of sp³-hybridized carbons (Fsp3) is 0.174. The van der Waals surface area contributed by atoms with Crippen molar-refractivity contribution in [3.63, 3.8) is 0 Å². The topological polar surface area (TPSA) is 69.0 Å². The van der Waals surface area contributed by atoms with E-state index in [1.165, 1.54) is 22.5 Å². The number of nitrogens with zero attached hydrogens (tertiary/aromatic N) is 3. The summed E-state index contributed by atoms with van der Waals surface area (Å²) in [4.78, 5) is 12.2. The summed E-state index contributed by atoms with van der Waals surface area (Å²) in [7, 11) is 1.87. The minimum atomic E-state index is -0.125. The largest absolute Gasteiger partial charge is 0.485 e. The van der Waals surface area contributed by atoms with Crippen LogP contribution >= 0.6 is 23.4 Å². The average molecular weight is 453 g/mol. The first-order valence-electron chi connectivity index (χ1n) is 9.69. The van der Waals surface area contributed by atoms with Gasteiger partial charge in [-0.1, -0.05) is 53.7 Å². The van der Waals surface area contributed by atoms with Crippen LogP contribution in [-0.4, -0.2) is 26.4 Å². The summed E-state index contributed by atoms with van der Waals surface area (Å²) in [6, 6.07) is 19.2. The number of aryl methyl sites for hydroxylation is 1. The predicted molar refractivity (Wildman–Crippen MR) is 125 cm³/mol. The number of carbonyl (C=O) groups is 1. The summed E-state index contributed by atoms with van der Waals surface area (Å²) < 4.78 is 7.86. The smallest absolute Gasteiger partial charge is 0.234 e. The molecular weight excluding hydrogens is 432 g/mol. The highest BCUT2D eigenvalue weighted by Crippen LogP contribution is 2.28. The molecule has 0 spiro atoms. The van der Waals surface area contributed by atoms with Gasteiger partial charge in [0.15, 0.2) is 11.0 Å². The quantitative estimate of drug-likeness (QED) is 0.388. The highest BCUT2D eigenvalue weighted by molar-refractivity contribution is 7.99. The Bertz CT molecular complexity index is 1220. The molecule has 0 unspecified atom stereocenters. The second-order valence-electron chi connectivity index (χ2n) is 7.00. The summed E-state index contributed by atoms with van der Waals surface area (Å²) in [6.07, 6.45) is 0. The molecule has 8 heteroatoms. The van der Waals surface area contributed by atoms with Crippen LogP contribution in [0.25, 0.3) is 10.8 Å². The maximum Gasteiger partial charge on any atom is 0.234 e. The molecule has 6 nitrogen and oxygen atoms in total. The number of fused-ring (bicyclic) bond motifs is 1. The molecular formula is C23H21ClN4O2S. The third kappa shape index (κ3) is 5.00. The molecule has 0 saturated heterocycles. The van der Waals surface area contributed by atoms with Gasteiger partial charge in [-0.15, -0.1) is 10.2 Å². The zero-order valence-electron chi connectivity index (χ0n) is 17.1. The van der Waals surface area contributed by atoms with Crippen molar-refractivity contribution >= 4 is 45.7 Å². The Kier molecular flexibility index (Phi) is 6.44. The molecule has 4 aromatic rings. The van der Waals surface area contributed by atoms with E-state index >= 15 is 0 Å². The van der Waals surface area contributed by atoms with E-state index in [4.69, 9.17) is 16.3 Å². The molecule has 4 rings (SSSR count). The average Bonchev–Trinajstić information content (AvgIpc) is 3.13. The van der Waals surface area contributed by atoms with Crippen LogP contribution in [0.4, 0.5) is 5.69 Å². The second kappa shape index (κ2) is 9.41. The number of carbonyl (C=O) groups excluding carboxylic acids is 1. The van der Waals surface area contributed by atoms with Crippen molar-refractivity contribution in [2.24, 2.45) is 7.05 Å². The molecule has 1 heterocycles. The molecule has 0 aliphatic carbocycles. The number of amides is 1. The van der Waals surface area contributed by atoms with E-state index in [9.17, 15) is 4.79 Å². The Morgan fingerprint density at radius 3 is 2.68 bits per heavy atom. The van der Waals surface area contributed by atoms with Gasteiger partial charge in [0.2, 0.25) is 5.91 Å².